The van der Waals surface area contributed by atoms with Gasteiger partial charge in [-0.05, 0) is 36.6 Å². The summed E-state index contributed by atoms with van der Waals surface area (Å²) in [5.41, 5.74) is 2.22. The van der Waals surface area contributed by atoms with Gasteiger partial charge in [0.2, 0.25) is 0 Å². The molecule has 3 heteroatoms. The second-order valence-corrected chi connectivity index (χ2v) is 5.60. The lowest BCUT2D eigenvalue weighted by atomic mass is 9.75. The van der Waals surface area contributed by atoms with Crippen LogP contribution in [0.4, 0.5) is 0 Å². The molecule has 0 unspecified atom stereocenters. The zero-order chi connectivity index (χ0) is 11.2. The number of ether oxygens (including phenoxy) is 1. The summed E-state index contributed by atoms with van der Waals surface area (Å²) < 4.78 is 6.48. The number of Topliss-reactive ketones (excluding diaryl/α,β-unsaturated/α-hetero) is 1. The summed E-state index contributed by atoms with van der Waals surface area (Å²) in [5.74, 6) is 0.296. The molecule has 0 radical (unpaired) electrons. The highest BCUT2D eigenvalue weighted by Crippen LogP contribution is 2.46. The number of carbonyl (C=O) groups excluding carboxylic acids is 1. The second-order valence-electron chi connectivity index (χ2n) is 4.68. The van der Waals surface area contributed by atoms with E-state index in [4.69, 9.17) is 4.74 Å². The second kappa shape index (κ2) is 3.67. The molecule has 84 valence electrons. The number of halogens is 1. The SMILES string of the molecule is O=C1CC2(CCOCC2)c2cc(Br)ccc21. The molecule has 0 bridgehead atoms. The number of benzene rings is 1. The van der Waals surface area contributed by atoms with E-state index >= 15 is 0 Å². The van der Waals surface area contributed by atoms with E-state index in [-0.39, 0.29) is 5.41 Å². The Morgan fingerprint density at radius 3 is 2.75 bits per heavy atom. The molecule has 1 spiro atoms. The minimum atomic E-state index is 0.0639. The first-order valence-corrected chi connectivity index (χ1v) is 6.42. The molecule has 0 saturated carbocycles. The van der Waals surface area contributed by atoms with Crippen molar-refractivity contribution in [2.75, 3.05) is 13.2 Å². The number of rotatable bonds is 0. The molecular weight excluding hydrogens is 268 g/mol. The molecule has 0 N–H and O–H groups in total. The Hall–Kier alpha value is -0.670. The zero-order valence-electron chi connectivity index (χ0n) is 8.96. The van der Waals surface area contributed by atoms with Crippen molar-refractivity contribution < 1.29 is 9.53 Å². The molecule has 1 aliphatic carbocycles. The third-order valence-corrected chi connectivity index (χ3v) is 4.30. The van der Waals surface area contributed by atoms with Gasteiger partial charge in [0.25, 0.3) is 0 Å². The predicted molar refractivity (Wildman–Crippen MR) is 64.8 cm³/mol. The van der Waals surface area contributed by atoms with Crippen LogP contribution >= 0.6 is 15.9 Å². The summed E-state index contributed by atoms with van der Waals surface area (Å²) in [6.07, 6.45) is 2.62. The topological polar surface area (TPSA) is 26.3 Å². The van der Waals surface area contributed by atoms with E-state index in [9.17, 15) is 4.79 Å². The lowest BCUT2D eigenvalue weighted by Crippen LogP contribution is -2.31. The number of hydrogen-bond acceptors (Lipinski definition) is 2. The average Bonchev–Trinajstić information content (AvgIpc) is 2.53. The van der Waals surface area contributed by atoms with E-state index in [1.165, 1.54) is 5.56 Å². The zero-order valence-corrected chi connectivity index (χ0v) is 10.5. The van der Waals surface area contributed by atoms with Crippen molar-refractivity contribution in [3.8, 4) is 0 Å². The number of hydrogen-bond donors (Lipinski definition) is 0. The van der Waals surface area contributed by atoms with Gasteiger partial charge in [0, 0.05) is 35.1 Å². The average molecular weight is 281 g/mol. The lowest BCUT2D eigenvalue weighted by Gasteiger charge is -2.33. The van der Waals surface area contributed by atoms with Crippen molar-refractivity contribution in [3.63, 3.8) is 0 Å². The van der Waals surface area contributed by atoms with Crippen molar-refractivity contribution >= 4 is 21.7 Å². The molecule has 1 aliphatic heterocycles. The molecule has 0 atom stereocenters. The van der Waals surface area contributed by atoms with Gasteiger partial charge in [-0.1, -0.05) is 15.9 Å². The molecule has 1 saturated heterocycles. The molecule has 1 aromatic carbocycles. The Morgan fingerprint density at radius 2 is 2.00 bits per heavy atom. The first-order chi connectivity index (χ1) is 7.71. The summed E-state index contributed by atoms with van der Waals surface area (Å²) >= 11 is 3.49. The molecule has 16 heavy (non-hydrogen) atoms. The van der Waals surface area contributed by atoms with Crippen LogP contribution in [-0.4, -0.2) is 19.0 Å². The Bertz CT molecular complexity index is 447. The van der Waals surface area contributed by atoms with E-state index in [1.807, 2.05) is 12.1 Å². The molecule has 2 aliphatic rings. The molecule has 1 aromatic rings. The molecule has 3 rings (SSSR count). The van der Waals surface area contributed by atoms with Crippen LogP contribution in [0.15, 0.2) is 22.7 Å². The highest BCUT2D eigenvalue weighted by Gasteiger charge is 2.44. The lowest BCUT2D eigenvalue weighted by molar-refractivity contribution is 0.0491. The molecule has 0 aromatic heterocycles. The first-order valence-electron chi connectivity index (χ1n) is 5.62. The van der Waals surface area contributed by atoms with E-state index in [2.05, 4.69) is 22.0 Å². The van der Waals surface area contributed by atoms with Crippen molar-refractivity contribution in [1.82, 2.24) is 0 Å². The maximum Gasteiger partial charge on any atom is 0.164 e. The Morgan fingerprint density at radius 1 is 1.25 bits per heavy atom. The molecule has 1 fully saturated rings. The smallest absolute Gasteiger partial charge is 0.164 e. The standard InChI is InChI=1S/C13H13BrO2/c14-9-1-2-10-11(7-9)13(8-12(10)15)3-5-16-6-4-13/h1-2,7H,3-6,8H2. The highest BCUT2D eigenvalue weighted by atomic mass is 79.9. The summed E-state index contributed by atoms with van der Waals surface area (Å²) in [6.45, 7) is 1.55. The summed E-state index contributed by atoms with van der Waals surface area (Å²) in [5, 5.41) is 0. The van der Waals surface area contributed by atoms with Crippen LogP contribution in [0, 0.1) is 0 Å². The Kier molecular flexibility index (Phi) is 2.41. The fraction of sp³-hybridized carbons (Fsp3) is 0.462. The minimum absolute atomic E-state index is 0.0639. The van der Waals surface area contributed by atoms with Crippen LogP contribution in [-0.2, 0) is 10.2 Å². The van der Waals surface area contributed by atoms with Gasteiger partial charge < -0.3 is 4.74 Å². The first kappa shape index (κ1) is 10.5. The highest BCUT2D eigenvalue weighted by molar-refractivity contribution is 9.10. The van der Waals surface area contributed by atoms with Crippen molar-refractivity contribution in [3.05, 3.63) is 33.8 Å². The summed E-state index contributed by atoms with van der Waals surface area (Å²) in [4.78, 5) is 12.0. The fourth-order valence-electron chi connectivity index (χ4n) is 2.90. The molecule has 1 heterocycles. The quantitative estimate of drug-likeness (QED) is 0.730. The van der Waals surface area contributed by atoms with Gasteiger partial charge in [-0.25, -0.2) is 0 Å². The van der Waals surface area contributed by atoms with Crippen LogP contribution in [0.2, 0.25) is 0 Å². The number of carbonyl (C=O) groups is 1. The van der Waals surface area contributed by atoms with Gasteiger partial charge in [0.1, 0.15) is 0 Å². The predicted octanol–water partition coefficient (Wildman–Crippen LogP) is 3.08. The molecule has 2 nitrogen and oxygen atoms in total. The Labute approximate surface area is 103 Å². The third-order valence-electron chi connectivity index (χ3n) is 3.80. The van der Waals surface area contributed by atoms with Gasteiger partial charge in [-0.3, -0.25) is 4.79 Å². The summed E-state index contributed by atoms with van der Waals surface area (Å²) in [6, 6.07) is 6.02. The van der Waals surface area contributed by atoms with E-state index in [1.54, 1.807) is 0 Å². The van der Waals surface area contributed by atoms with Gasteiger partial charge in [0.05, 0.1) is 0 Å². The fourth-order valence-corrected chi connectivity index (χ4v) is 3.27. The van der Waals surface area contributed by atoms with E-state index in [0.717, 1.165) is 36.1 Å². The van der Waals surface area contributed by atoms with Gasteiger partial charge in [0.15, 0.2) is 5.78 Å². The van der Waals surface area contributed by atoms with Crippen molar-refractivity contribution in [2.45, 2.75) is 24.7 Å². The van der Waals surface area contributed by atoms with Crippen LogP contribution in [0.3, 0.4) is 0 Å². The van der Waals surface area contributed by atoms with Crippen LogP contribution in [0.5, 0.6) is 0 Å². The van der Waals surface area contributed by atoms with Gasteiger partial charge >= 0.3 is 0 Å². The van der Waals surface area contributed by atoms with Crippen LogP contribution < -0.4 is 0 Å². The maximum atomic E-state index is 12.0. The number of ketones is 1. The number of fused-ring (bicyclic) bond motifs is 2. The van der Waals surface area contributed by atoms with E-state index in [0.29, 0.717) is 12.2 Å². The molecular formula is C13H13BrO2. The van der Waals surface area contributed by atoms with Crippen LogP contribution in [0.1, 0.15) is 35.2 Å². The van der Waals surface area contributed by atoms with E-state index < -0.39 is 0 Å². The Balaban J connectivity index is 2.12. The normalized spacial score (nSPS) is 22.4. The van der Waals surface area contributed by atoms with Gasteiger partial charge in [-0.2, -0.15) is 0 Å². The van der Waals surface area contributed by atoms with Crippen LogP contribution in [0.25, 0.3) is 0 Å². The largest absolute Gasteiger partial charge is 0.381 e. The minimum Gasteiger partial charge on any atom is -0.381 e. The van der Waals surface area contributed by atoms with Crippen molar-refractivity contribution in [2.24, 2.45) is 0 Å². The van der Waals surface area contributed by atoms with Gasteiger partial charge in [-0.15, -0.1) is 0 Å². The monoisotopic (exact) mass is 280 g/mol. The molecule has 0 amide bonds. The summed E-state index contributed by atoms with van der Waals surface area (Å²) in [7, 11) is 0. The van der Waals surface area contributed by atoms with Crippen molar-refractivity contribution in [1.29, 1.82) is 0 Å². The third kappa shape index (κ3) is 1.45. The maximum absolute atomic E-state index is 12.0.